The second kappa shape index (κ2) is 15.3. The van der Waals surface area contributed by atoms with Gasteiger partial charge in [-0.05, 0) is 44.6 Å². The first-order chi connectivity index (χ1) is 21.9. The van der Waals surface area contributed by atoms with Crippen molar-refractivity contribution in [2.45, 2.75) is 94.1 Å². The fraction of sp³-hybridized carbons (Fsp3) is 0.600. The van der Waals surface area contributed by atoms with E-state index in [4.69, 9.17) is 9.47 Å². The lowest BCUT2D eigenvalue weighted by Crippen LogP contribution is -2.60. The van der Waals surface area contributed by atoms with Crippen LogP contribution in [0.2, 0.25) is 0 Å². The number of nitrogens with one attached hydrogen (secondary N) is 1. The third-order valence-corrected chi connectivity index (χ3v) is 10.2. The largest absolute Gasteiger partial charge is 0.463 e. The van der Waals surface area contributed by atoms with E-state index in [0.29, 0.717) is 19.3 Å². The molecule has 1 aromatic carbocycles. The number of carbonyl (C=O) groups is 4. The van der Waals surface area contributed by atoms with Crippen LogP contribution in [0, 0.1) is 17.8 Å². The fourth-order valence-corrected chi connectivity index (χ4v) is 8.30. The minimum atomic E-state index is -1.27. The number of amides is 3. The second-order valence-corrected chi connectivity index (χ2v) is 14.4. The van der Waals surface area contributed by atoms with E-state index in [1.807, 2.05) is 58.0 Å². The lowest BCUT2D eigenvalue weighted by molar-refractivity contribution is -0.152. The minimum Gasteiger partial charge on any atom is -0.463 e. The number of hydrogen-bond donors (Lipinski definition) is 2. The van der Waals surface area contributed by atoms with Crippen LogP contribution in [0.5, 0.6) is 0 Å². The van der Waals surface area contributed by atoms with Crippen molar-refractivity contribution in [1.29, 1.82) is 0 Å². The smallest absolute Gasteiger partial charge is 0.306 e. The summed E-state index contributed by atoms with van der Waals surface area (Å²) < 4.78 is 12.2. The highest BCUT2D eigenvalue weighted by Gasteiger charge is 2.77. The normalized spacial score (nSPS) is 27.8. The molecule has 2 N–H and O–H groups in total. The average Bonchev–Trinajstić information content (AvgIpc) is 3.62. The number of aliphatic hydroxyl groups excluding tert-OH is 1. The minimum absolute atomic E-state index is 0.0927. The number of hydrogen-bond acceptors (Lipinski definition) is 7. The first kappa shape index (κ1) is 35.8. The maximum Gasteiger partial charge on any atom is 0.306 e. The number of carbonyl (C=O) groups excluding carboxylic acids is 4. The molecule has 3 amide bonds. The summed E-state index contributed by atoms with van der Waals surface area (Å²) in [6, 6.07) is 6.67. The van der Waals surface area contributed by atoms with Gasteiger partial charge in [-0.15, -0.1) is 13.2 Å². The molecular weight excluding hydrogens is 654 g/mol. The molecule has 2 bridgehead atoms. The molecule has 0 saturated carbocycles. The number of likely N-dealkylation sites (tertiary alicyclic amines) is 1. The summed E-state index contributed by atoms with van der Waals surface area (Å²) in [5.41, 5.74) is -0.532. The number of aliphatic hydroxyl groups is 1. The highest BCUT2D eigenvalue weighted by molar-refractivity contribution is 9.09. The van der Waals surface area contributed by atoms with Gasteiger partial charge in [0.15, 0.2) is 0 Å². The van der Waals surface area contributed by atoms with E-state index in [1.54, 1.807) is 17.1 Å². The molecule has 11 heteroatoms. The Kier molecular flexibility index (Phi) is 11.9. The monoisotopic (exact) mass is 701 g/mol. The quantitative estimate of drug-likeness (QED) is 0.152. The van der Waals surface area contributed by atoms with Gasteiger partial charge in [0, 0.05) is 23.8 Å². The van der Waals surface area contributed by atoms with Gasteiger partial charge in [-0.3, -0.25) is 19.2 Å². The molecule has 3 aliphatic rings. The highest BCUT2D eigenvalue weighted by Crippen LogP contribution is 2.60. The Morgan fingerprint density at radius 3 is 2.48 bits per heavy atom. The van der Waals surface area contributed by atoms with Crippen molar-refractivity contribution in [3.63, 3.8) is 0 Å². The van der Waals surface area contributed by atoms with Crippen molar-refractivity contribution in [1.82, 2.24) is 15.1 Å². The molecule has 4 rings (SSSR count). The van der Waals surface area contributed by atoms with E-state index in [1.165, 1.54) is 4.90 Å². The molecule has 252 valence electrons. The Labute approximate surface area is 280 Å². The predicted molar refractivity (Wildman–Crippen MR) is 178 cm³/mol. The van der Waals surface area contributed by atoms with Crippen molar-refractivity contribution < 1.29 is 33.8 Å². The maximum atomic E-state index is 14.6. The average molecular weight is 703 g/mol. The predicted octanol–water partition coefficient (Wildman–Crippen LogP) is 3.93. The van der Waals surface area contributed by atoms with E-state index in [-0.39, 0.29) is 54.8 Å². The van der Waals surface area contributed by atoms with Crippen LogP contribution in [0.1, 0.15) is 65.0 Å². The standard InChI is InChI=1S/C35H48BrN3O7/c1-7-9-15-27(41)45-20-26(23-13-11-10-12-14-23)37-32(42)28-29-33(43)39(24(19-40)17-21(3)4)31(34(44)38(16-8-2)22(5)6)35(29)18-25(36)30(28)46-35/h7-8,10-14,21-22,24-26,28-31,40H,1-2,9,15-20H2,3-6H3,(H,37,42)/t24-,25?,26+,28-,29+,30-,31-,35+/m1/s1. The molecule has 1 spiro atoms. The van der Waals surface area contributed by atoms with Gasteiger partial charge in [-0.2, -0.15) is 0 Å². The summed E-state index contributed by atoms with van der Waals surface area (Å²) in [5, 5.41) is 13.6. The third-order valence-electron chi connectivity index (χ3n) is 9.33. The number of benzene rings is 1. The number of esters is 1. The van der Waals surface area contributed by atoms with Crippen LogP contribution >= 0.6 is 15.9 Å². The number of fused-ring (bicyclic) bond motifs is 1. The van der Waals surface area contributed by atoms with Crippen molar-refractivity contribution in [2.75, 3.05) is 19.8 Å². The SMILES string of the molecule is C=CCCC(=O)OC[C@H](NC(=O)[C@H]1[C@@H]2O[C@@]3(CC2Br)[C@@H]1C(=O)N([C@@H](CO)CC(C)C)[C@@H]3C(=O)N(CC=C)C(C)C)c1ccccc1. The van der Waals surface area contributed by atoms with E-state index in [2.05, 4.69) is 34.4 Å². The molecule has 3 saturated heterocycles. The first-order valence-electron chi connectivity index (χ1n) is 16.2. The Morgan fingerprint density at radius 1 is 1.20 bits per heavy atom. The number of nitrogens with zero attached hydrogens (tertiary/aromatic N) is 2. The van der Waals surface area contributed by atoms with Gasteiger partial charge in [-0.1, -0.05) is 72.3 Å². The molecule has 8 atom stereocenters. The maximum absolute atomic E-state index is 14.6. The zero-order chi connectivity index (χ0) is 33.8. The summed E-state index contributed by atoms with van der Waals surface area (Å²) in [7, 11) is 0. The Bertz CT molecular complexity index is 1290. The van der Waals surface area contributed by atoms with Crippen molar-refractivity contribution in [3.05, 3.63) is 61.2 Å². The highest BCUT2D eigenvalue weighted by atomic mass is 79.9. The van der Waals surface area contributed by atoms with Crippen LogP contribution in [-0.2, 0) is 28.7 Å². The topological polar surface area (TPSA) is 125 Å². The molecule has 1 aromatic rings. The zero-order valence-corrected chi connectivity index (χ0v) is 28.9. The number of alkyl halides is 1. The lowest BCUT2D eigenvalue weighted by Gasteiger charge is -2.40. The summed E-state index contributed by atoms with van der Waals surface area (Å²) >= 11 is 3.73. The summed E-state index contributed by atoms with van der Waals surface area (Å²) in [6.45, 7) is 15.1. The molecular formula is C35H48BrN3O7. The zero-order valence-electron chi connectivity index (χ0n) is 27.3. The number of allylic oxidation sites excluding steroid dienone is 1. The molecule has 0 aromatic heterocycles. The van der Waals surface area contributed by atoms with Gasteiger partial charge in [-0.25, -0.2) is 0 Å². The first-order valence-corrected chi connectivity index (χ1v) is 17.1. The molecule has 10 nitrogen and oxygen atoms in total. The van der Waals surface area contributed by atoms with Crippen LogP contribution in [0.15, 0.2) is 55.6 Å². The lowest BCUT2D eigenvalue weighted by atomic mass is 9.70. The van der Waals surface area contributed by atoms with E-state index in [9.17, 15) is 24.3 Å². The van der Waals surface area contributed by atoms with Crippen LogP contribution in [0.4, 0.5) is 0 Å². The molecule has 3 fully saturated rings. The van der Waals surface area contributed by atoms with Crippen LogP contribution in [0.25, 0.3) is 0 Å². The van der Waals surface area contributed by atoms with E-state index < -0.39 is 53.5 Å². The number of ether oxygens (including phenoxy) is 2. The molecule has 46 heavy (non-hydrogen) atoms. The number of rotatable bonds is 16. The van der Waals surface area contributed by atoms with Crippen molar-refractivity contribution >= 4 is 39.6 Å². The van der Waals surface area contributed by atoms with Crippen LogP contribution in [-0.4, -0.2) is 93.0 Å². The molecule has 3 aliphatic heterocycles. The van der Waals surface area contributed by atoms with Gasteiger partial charge in [0.1, 0.15) is 18.2 Å². The molecule has 3 heterocycles. The Hall–Kier alpha value is -3.02. The Morgan fingerprint density at radius 2 is 1.89 bits per heavy atom. The Balaban J connectivity index is 1.72. The second-order valence-electron chi connectivity index (χ2n) is 13.2. The molecule has 0 aliphatic carbocycles. The van der Waals surface area contributed by atoms with Gasteiger partial charge in [0.05, 0.1) is 36.6 Å². The molecule has 0 radical (unpaired) electrons. The fourth-order valence-electron chi connectivity index (χ4n) is 7.35. The van der Waals surface area contributed by atoms with Crippen LogP contribution < -0.4 is 5.32 Å². The summed E-state index contributed by atoms with van der Waals surface area (Å²) in [4.78, 5) is 58.6. The summed E-state index contributed by atoms with van der Waals surface area (Å²) in [5.74, 6) is -3.21. The van der Waals surface area contributed by atoms with Gasteiger partial charge >= 0.3 is 5.97 Å². The van der Waals surface area contributed by atoms with Gasteiger partial charge in [0.2, 0.25) is 17.7 Å². The van der Waals surface area contributed by atoms with Crippen molar-refractivity contribution in [2.24, 2.45) is 17.8 Å². The van der Waals surface area contributed by atoms with Gasteiger partial charge < -0.3 is 29.7 Å². The van der Waals surface area contributed by atoms with E-state index >= 15 is 0 Å². The summed E-state index contributed by atoms with van der Waals surface area (Å²) in [6.07, 6.45) is 4.10. The van der Waals surface area contributed by atoms with Crippen molar-refractivity contribution in [3.8, 4) is 0 Å². The third kappa shape index (κ3) is 6.96. The number of halogens is 1. The molecule has 1 unspecified atom stereocenters. The van der Waals surface area contributed by atoms with Crippen LogP contribution in [0.3, 0.4) is 0 Å². The van der Waals surface area contributed by atoms with E-state index in [0.717, 1.165) is 5.56 Å². The van der Waals surface area contributed by atoms with Gasteiger partial charge in [0.25, 0.3) is 0 Å².